The van der Waals surface area contributed by atoms with Crippen LogP contribution in [-0.2, 0) is 19.3 Å². The van der Waals surface area contributed by atoms with Crippen molar-refractivity contribution in [2.45, 2.75) is 32.2 Å². The van der Waals surface area contributed by atoms with Crippen LogP contribution in [0.4, 0.5) is 0 Å². The Labute approximate surface area is 94.2 Å². The average Bonchev–Trinajstić information content (AvgIpc) is 3.02. The van der Waals surface area contributed by atoms with E-state index in [0.29, 0.717) is 12.8 Å². The van der Waals surface area contributed by atoms with Crippen molar-refractivity contribution >= 4 is 5.97 Å². The normalized spacial score (nSPS) is 20.6. The predicted molar refractivity (Wildman–Crippen MR) is 56.0 cm³/mol. The Morgan fingerprint density at radius 2 is 2.19 bits per heavy atom. The molecule has 1 saturated heterocycles. The highest BCUT2D eigenvalue weighted by Crippen LogP contribution is 2.53. The maximum absolute atomic E-state index is 10.6. The van der Waals surface area contributed by atoms with Crippen LogP contribution in [0.1, 0.15) is 26.2 Å². The van der Waals surface area contributed by atoms with E-state index in [1.165, 1.54) is 6.26 Å². The standard InChI is InChI=1S/C11H16O5/c1-4-10(5-2,8-7-9(12)13)11(14-6-3)15-16-11/h4,6H,1,3,5,7-8H2,2H3,(H,12,13). The first-order chi connectivity index (χ1) is 7.56. The molecule has 0 aromatic carbocycles. The number of carboxylic acid groups (broad SMARTS) is 1. The summed E-state index contributed by atoms with van der Waals surface area (Å²) >= 11 is 0. The van der Waals surface area contributed by atoms with Gasteiger partial charge in [-0.3, -0.25) is 4.79 Å². The molecule has 1 aliphatic rings. The quantitative estimate of drug-likeness (QED) is 0.298. The number of carbonyl (C=O) groups is 1. The van der Waals surface area contributed by atoms with Gasteiger partial charge >= 0.3 is 11.9 Å². The molecule has 0 spiro atoms. The van der Waals surface area contributed by atoms with Crippen LogP contribution >= 0.6 is 0 Å². The summed E-state index contributed by atoms with van der Waals surface area (Å²) in [5, 5.41) is 8.71. The number of aliphatic carboxylic acids is 1. The Morgan fingerprint density at radius 3 is 2.50 bits per heavy atom. The number of carboxylic acids is 1. The van der Waals surface area contributed by atoms with Gasteiger partial charge in [-0.2, -0.15) is 0 Å². The second kappa shape index (κ2) is 4.67. The van der Waals surface area contributed by atoms with E-state index in [2.05, 4.69) is 13.2 Å². The number of ether oxygens (including phenoxy) is 1. The Hall–Kier alpha value is -1.33. The van der Waals surface area contributed by atoms with E-state index < -0.39 is 17.4 Å². The molecule has 16 heavy (non-hydrogen) atoms. The van der Waals surface area contributed by atoms with Crippen LogP contribution in [0, 0.1) is 5.41 Å². The van der Waals surface area contributed by atoms with Gasteiger partial charge in [-0.15, -0.1) is 16.4 Å². The first-order valence-electron chi connectivity index (χ1n) is 5.07. The molecule has 0 radical (unpaired) electrons. The van der Waals surface area contributed by atoms with Gasteiger partial charge in [0.2, 0.25) is 0 Å². The van der Waals surface area contributed by atoms with Crippen molar-refractivity contribution < 1.29 is 24.4 Å². The smallest absolute Gasteiger partial charge is 0.390 e. The third-order valence-corrected chi connectivity index (χ3v) is 2.89. The Kier molecular flexibility index (Phi) is 3.72. The van der Waals surface area contributed by atoms with E-state index in [0.717, 1.165) is 0 Å². The Balaban J connectivity index is 2.82. The molecule has 0 aromatic heterocycles. The van der Waals surface area contributed by atoms with Crippen LogP contribution in [0.25, 0.3) is 0 Å². The highest BCUT2D eigenvalue weighted by Gasteiger charge is 2.66. The van der Waals surface area contributed by atoms with Gasteiger partial charge in [0.05, 0.1) is 11.7 Å². The van der Waals surface area contributed by atoms with E-state index in [9.17, 15) is 4.79 Å². The van der Waals surface area contributed by atoms with Gasteiger partial charge in [0.1, 0.15) is 0 Å². The van der Waals surface area contributed by atoms with Gasteiger partial charge in [-0.1, -0.05) is 19.6 Å². The van der Waals surface area contributed by atoms with Crippen molar-refractivity contribution in [2.24, 2.45) is 5.41 Å². The van der Waals surface area contributed by atoms with Crippen LogP contribution in [0.15, 0.2) is 25.5 Å². The minimum atomic E-state index is -1.25. The molecule has 1 N–H and O–H groups in total. The highest BCUT2D eigenvalue weighted by molar-refractivity contribution is 5.66. The molecule has 1 rings (SSSR count). The second-order valence-corrected chi connectivity index (χ2v) is 3.61. The van der Waals surface area contributed by atoms with Crippen LogP contribution in [0.2, 0.25) is 0 Å². The second-order valence-electron chi connectivity index (χ2n) is 3.61. The molecule has 5 nitrogen and oxygen atoms in total. The SMILES string of the molecule is C=COC1(C(C=C)(CC)CCC(=O)O)OO1. The first kappa shape index (κ1) is 12.7. The zero-order valence-corrected chi connectivity index (χ0v) is 9.27. The predicted octanol–water partition coefficient (Wildman–Crippen LogP) is 2.21. The molecule has 0 aliphatic carbocycles. The zero-order valence-electron chi connectivity index (χ0n) is 9.27. The summed E-state index contributed by atoms with van der Waals surface area (Å²) < 4.78 is 5.18. The maximum Gasteiger partial charge on any atom is 0.390 e. The molecule has 1 aliphatic heterocycles. The highest BCUT2D eigenvalue weighted by atomic mass is 17.5. The minimum absolute atomic E-state index is 0.00513. The molecule has 1 unspecified atom stereocenters. The van der Waals surface area contributed by atoms with Gasteiger partial charge in [-0.05, 0) is 12.8 Å². The molecule has 1 fully saturated rings. The lowest BCUT2D eigenvalue weighted by Crippen LogP contribution is -2.37. The van der Waals surface area contributed by atoms with E-state index in [1.807, 2.05) is 6.92 Å². The van der Waals surface area contributed by atoms with Crippen LogP contribution in [0.5, 0.6) is 0 Å². The maximum atomic E-state index is 10.6. The lowest BCUT2D eigenvalue weighted by molar-refractivity contribution is -0.139. The van der Waals surface area contributed by atoms with Gasteiger partial charge in [-0.25, -0.2) is 0 Å². The summed E-state index contributed by atoms with van der Waals surface area (Å²) in [6, 6.07) is 0. The molecule has 1 heterocycles. The van der Waals surface area contributed by atoms with Crippen molar-refractivity contribution in [3.05, 3.63) is 25.5 Å². The largest absolute Gasteiger partial charge is 0.481 e. The molecule has 0 bridgehead atoms. The summed E-state index contributed by atoms with van der Waals surface area (Å²) in [4.78, 5) is 20.3. The van der Waals surface area contributed by atoms with Crippen LogP contribution in [0.3, 0.4) is 0 Å². The zero-order chi connectivity index (χ0) is 12.2. The lowest BCUT2D eigenvalue weighted by Gasteiger charge is -2.30. The van der Waals surface area contributed by atoms with E-state index >= 15 is 0 Å². The Morgan fingerprint density at radius 1 is 1.56 bits per heavy atom. The van der Waals surface area contributed by atoms with Crippen LogP contribution in [-0.4, -0.2) is 17.0 Å². The molecule has 0 saturated carbocycles. The van der Waals surface area contributed by atoms with Crippen LogP contribution < -0.4 is 0 Å². The number of rotatable bonds is 8. The fourth-order valence-electron chi connectivity index (χ4n) is 1.72. The average molecular weight is 228 g/mol. The molecule has 90 valence electrons. The molecule has 0 amide bonds. The molecular formula is C11H16O5. The van der Waals surface area contributed by atoms with Gasteiger partial charge in [0, 0.05) is 6.42 Å². The van der Waals surface area contributed by atoms with Crippen molar-refractivity contribution in [3.8, 4) is 0 Å². The van der Waals surface area contributed by atoms with Crippen molar-refractivity contribution in [2.75, 3.05) is 0 Å². The number of hydrogen-bond donors (Lipinski definition) is 1. The lowest BCUT2D eigenvalue weighted by atomic mass is 9.78. The van der Waals surface area contributed by atoms with Crippen molar-refractivity contribution in [3.63, 3.8) is 0 Å². The fraction of sp³-hybridized carbons (Fsp3) is 0.545. The molecule has 1 atom stereocenters. The topological polar surface area (TPSA) is 71.6 Å². The summed E-state index contributed by atoms with van der Waals surface area (Å²) in [7, 11) is 0. The van der Waals surface area contributed by atoms with Crippen molar-refractivity contribution in [1.29, 1.82) is 0 Å². The third-order valence-electron chi connectivity index (χ3n) is 2.89. The Bertz CT molecular complexity index is 295. The molecule has 0 aromatic rings. The third kappa shape index (κ3) is 2.10. The minimum Gasteiger partial charge on any atom is -0.481 e. The van der Waals surface area contributed by atoms with Gasteiger partial charge in [0.25, 0.3) is 0 Å². The number of hydrogen-bond acceptors (Lipinski definition) is 4. The fourth-order valence-corrected chi connectivity index (χ4v) is 1.72. The van der Waals surface area contributed by atoms with Gasteiger partial charge in [0.15, 0.2) is 0 Å². The molecular weight excluding hydrogens is 212 g/mol. The summed E-state index contributed by atoms with van der Waals surface area (Å²) in [5.41, 5.74) is -0.681. The van der Waals surface area contributed by atoms with Gasteiger partial charge < -0.3 is 9.84 Å². The van der Waals surface area contributed by atoms with Crippen molar-refractivity contribution in [1.82, 2.24) is 0 Å². The molecule has 5 heteroatoms. The summed E-state index contributed by atoms with van der Waals surface area (Å²) in [6.45, 7) is 9.03. The first-order valence-corrected chi connectivity index (χ1v) is 5.07. The summed E-state index contributed by atoms with van der Waals surface area (Å²) in [5.74, 6) is -2.13. The summed E-state index contributed by atoms with van der Waals surface area (Å²) in [6.07, 6.45) is 3.75. The monoisotopic (exact) mass is 228 g/mol. The van der Waals surface area contributed by atoms with E-state index in [1.54, 1.807) is 6.08 Å². The van der Waals surface area contributed by atoms with E-state index in [4.69, 9.17) is 19.6 Å². The van der Waals surface area contributed by atoms with E-state index in [-0.39, 0.29) is 6.42 Å².